The zero-order valence-corrected chi connectivity index (χ0v) is 12.3. The third-order valence-corrected chi connectivity index (χ3v) is 4.35. The maximum absolute atomic E-state index is 12.3. The smallest absolute Gasteiger partial charge is 0.294 e. The molecule has 0 saturated heterocycles. The zero-order chi connectivity index (χ0) is 14.9. The number of carbonyl (C=O) groups excluding carboxylic acids is 1. The van der Waals surface area contributed by atoms with Crippen molar-refractivity contribution >= 4 is 21.7 Å². The molecule has 1 aliphatic heterocycles. The van der Waals surface area contributed by atoms with Gasteiger partial charge in [-0.05, 0) is 37.6 Å². The van der Waals surface area contributed by atoms with Crippen LogP contribution >= 0.6 is 0 Å². The molecule has 1 heterocycles. The largest absolute Gasteiger partial charge is 0.373 e. The van der Waals surface area contributed by atoms with Crippen molar-refractivity contribution in [3.63, 3.8) is 0 Å². The van der Waals surface area contributed by atoms with Crippen molar-refractivity contribution in [3.05, 3.63) is 23.8 Å². The van der Waals surface area contributed by atoms with Gasteiger partial charge in [-0.25, -0.2) is 0 Å². The van der Waals surface area contributed by atoms with Crippen LogP contribution in [0, 0.1) is 0 Å². The molecule has 0 radical (unpaired) electrons. The first-order valence-electron chi connectivity index (χ1n) is 6.52. The van der Waals surface area contributed by atoms with E-state index in [1.54, 1.807) is 11.0 Å². The Hall–Kier alpha value is -1.60. The number of benzene rings is 1. The number of amides is 1. The molecule has 110 valence electrons. The van der Waals surface area contributed by atoms with Gasteiger partial charge >= 0.3 is 0 Å². The molecule has 2 N–H and O–H groups in total. The summed E-state index contributed by atoms with van der Waals surface area (Å²) >= 11 is 0. The number of hydrogen-bond acceptors (Lipinski definition) is 4. The number of likely N-dealkylation sites (N-methyl/N-ethyl adjacent to an activating group) is 1. The van der Waals surface area contributed by atoms with Gasteiger partial charge in [0.2, 0.25) is 5.91 Å². The first-order chi connectivity index (χ1) is 9.36. The summed E-state index contributed by atoms with van der Waals surface area (Å²) < 4.78 is 31.3. The van der Waals surface area contributed by atoms with Crippen LogP contribution < -0.4 is 5.32 Å². The van der Waals surface area contributed by atoms with Crippen molar-refractivity contribution in [2.24, 2.45) is 0 Å². The van der Waals surface area contributed by atoms with Gasteiger partial charge in [0.25, 0.3) is 10.1 Å². The van der Waals surface area contributed by atoms with E-state index in [0.717, 1.165) is 11.3 Å². The summed E-state index contributed by atoms with van der Waals surface area (Å²) in [6, 6.07) is 3.94. The Labute approximate surface area is 118 Å². The number of nitrogens with zero attached hydrogens (tertiary/aromatic N) is 1. The molecule has 1 amide bonds. The maximum Gasteiger partial charge on any atom is 0.294 e. The van der Waals surface area contributed by atoms with Gasteiger partial charge < -0.3 is 10.2 Å². The van der Waals surface area contributed by atoms with Crippen LogP contribution in [-0.4, -0.2) is 42.9 Å². The Bertz CT molecular complexity index is 623. The number of carbonyl (C=O) groups is 1. The summed E-state index contributed by atoms with van der Waals surface area (Å²) in [5.74, 6) is -0.000365. The third-order valence-electron chi connectivity index (χ3n) is 3.50. The summed E-state index contributed by atoms with van der Waals surface area (Å²) in [6.07, 6.45) is 0.425. The van der Waals surface area contributed by atoms with E-state index in [-0.39, 0.29) is 16.8 Å². The van der Waals surface area contributed by atoms with E-state index in [9.17, 15) is 13.2 Å². The fraction of sp³-hybridized carbons (Fsp3) is 0.462. The molecule has 0 aliphatic carbocycles. The molecular weight excluding hydrogens is 280 g/mol. The number of fused-ring (bicyclic) bond motifs is 1. The highest BCUT2D eigenvalue weighted by atomic mass is 32.2. The Balaban J connectivity index is 2.22. The molecule has 1 aromatic carbocycles. The van der Waals surface area contributed by atoms with E-state index in [1.165, 1.54) is 12.1 Å². The topological polar surface area (TPSA) is 86.7 Å². The normalized spacial score (nSPS) is 17.4. The lowest BCUT2D eigenvalue weighted by atomic mass is 10.1. The van der Waals surface area contributed by atoms with Crippen molar-refractivity contribution in [2.75, 3.05) is 18.4 Å². The van der Waals surface area contributed by atoms with Crippen LogP contribution in [0.4, 0.5) is 5.69 Å². The number of rotatable bonds is 4. The first kappa shape index (κ1) is 14.8. The molecule has 7 heteroatoms. The third kappa shape index (κ3) is 2.78. The minimum absolute atomic E-state index is 0.000365. The Morgan fingerprint density at radius 1 is 1.40 bits per heavy atom. The van der Waals surface area contributed by atoms with Crippen LogP contribution in [0.25, 0.3) is 0 Å². The lowest BCUT2D eigenvalue weighted by molar-refractivity contribution is -0.131. The van der Waals surface area contributed by atoms with Gasteiger partial charge in [-0.2, -0.15) is 8.42 Å². The second-order valence-corrected chi connectivity index (χ2v) is 6.13. The van der Waals surface area contributed by atoms with Crippen LogP contribution in [0.3, 0.4) is 0 Å². The SMILES string of the molecule is CCN(CC)C(=O)C1Cc2cc(S(=O)(=O)O)ccc2N1. The summed E-state index contributed by atoms with van der Waals surface area (Å²) in [5, 5.41) is 3.09. The van der Waals surface area contributed by atoms with Gasteiger partial charge in [0.05, 0.1) is 4.90 Å². The summed E-state index contributed by atoms with van der Waals surface area (Å²) in [6.45, 7) is 5.11. The van der Waals surface area contributed by atoms with E-state index in [1.807, 2.05) is 13.8 Å². The van der Waals surface area contributed by atoms with E-state index in [0.29, 0.717) is 19.5 Å². The molecule has 1 aliphatic rings. The van der Waals surface area contributed by atoms with Gasteiger partial charge in [-0.3, -0.25) is 9.35 Å². The molecule has 1 aromatic rings. The standard InChI is InChI=1S/C13H18N2O4S/c1-3-15(4-2)13(16)12-8-9-7-10(20(17,18)19)5-6-11(9)14-12/h5-7,12,14H,3-4,8H2,1-2H3,(H,17,18,19). The predicted octanol–water partition coefficient (Wildman–Crippen LogP) is 1.14. The van der Waals surface area contributed by atoms with Crippen LogP contribution in [0.1, 0.15) is 19.4 Å². The minimum Gasteiger partial charge on any atom is -0.373 e. The summed E-state index contributed by atoms with van der Waals surface area (Å²) in [5.41, 5.74) is 1.47. The van der Waals surface area contributed by atoms with Gasteiger partial charge in [0.1, 0.15) is 6.04 Å². The highest BCUT2D eigenvalue weighted by Crippen LogP contribution is 2.29. The second kappa shape index (κ2) is 5.41. The van der Waals surface area contributed by atoms with Gasteiger partial charge in [-0.1, -0.05) is 0 Å². The average molecular weight is 298 g/mol. The maximum atomic E-state index is 12.3. The first-order valence-corrected chi connectivity index (χ1v) is 7.96. The van der Waals surface area contributed by atoms with Crippen LogP contribution in [0.2, 0.25) is 0 Å². The molecule has 0 aromatic heterocycles. The fourth-order valence-electron chi connectivity index (χ4n) is 2.40. The molecule has 0 bridgehead atoms. The van der Waals surface area contributed by atoms with E-state index in [2.05, 4.69) is 5.32 Å². The quantitative estimate of drug-likeness (QED) is 0.814. The number of hydrogen-bond donors (Lipinski definition) is 2. The molecule has 1 unspecified atom stereocenters. The molecule has 2 rings (SSSR count). The van der Waals surface area contributed by atoms with Crippen molar-refractivity contribution in [3.8, 4) is 0 Å². The lowest BCUT2D eigenvalue weighted by Crippen LogP contribution is -2.41. The summed E-state index contributed by atoms with van der Waals surface area (Å²) in [4.78, 5) is 13.8. The average Bonchev–Trinajstić information content (AvgIpc) is 2.81. The van der Waals surface area contributed by atoms with E-state index in [4.69, 9.17) is 4.55 Å². The zero-order valence-electron chi connectivity index (χ0n) is 11.5. The fourth-order valence-corrected chi connectivity index (χ4v) is 2.93. The predicted molar refractivity (Wildman–Crippen MR) is 75.3 cm³/mol. The Kier molecular flexibility index (Phi) is 4.01. The minimum atomic E-state index is -4.21. The van der Waals surface area contributed by atoms with Crippen LogP contribution in [0.5, 0.6) is 0 Å². The number of anilines is 1. The van der Waals surface area contributed by atoms with Gasteiger partial charge in [0.15, 0.2) is 0 Å². The summed E-state index contributed by atoms with van der Waals surface area (Å²) in [7, 11) is -4.21. The molecule has 0 fully saturated rings. The molecule has 0 saturated carbocycles. The van der Waals surface area contributed by atoms with Crippen LogP contribution in [-0.2, 0) is 21.3 Å². The van der Waals surface area contributed by atoms with Crippen molar-refractivity contribution in [1.82, 2.24) is 4.90 Å². The van der Waals surface area contributed by atoms with E-state index >= 15 is 0 Å². The van der Waals surface area contributed by atoms with Crippen molar-refractivity contribution < 1.29 is 17.8 Å². The highest BCUT2D eigenvalue weighted by Gasteiger charge is 2.30. The van der Waals surface area contributed by atoms with Crippen molar-refractivity contribution in [2.45, 2.75) is 31.2 Å². The second-order valence-electron chi connectivity index (χ2n) is 4.71. The lowest BCUT2D eigenvalue weighted by Gasteiger charge is -2.22. The Morgan fingerprint density at radius 2 is 2.05 bits per heavy atom. The van der Waals surface area contributed by atoms with E-state index < -0.39 is 10.1 Å². The number of nitrogens with one attached hydrogen (secondary N) is 1. The molecular formula is C13H18N2O4S. The Morgan fingerprint density at radius 3 is 2.60 bits per heavy atom. The molecule has 0 spiro atoms. The van der Waals surface area contributed by atoms with Crippen LogP contribution in [0.15, 0.2) is 23.1 Å². The van der Waals surface area contributed by atoms with Gasteiger partial charge in [-0.15, -0.1) is 0 Å². The highest BCUT2D eigenvalue weighted by molar-refractivity contribution is 7.85. The monoisotopic (exact) mass is 298 g/mol. The molecule has 6 nitrogen and oxygen atoms in total. The van der Waals surface area contributed by atoms with Gasteiger partial charge in [0, 0.05) is 25.2 Å². The molecule has 20 heavy (non-hydrogen) atoms. The van der Waals surface area contributed by atoms with Crippen molar-refractivity contribution in [1.29, 1.82) is 0 Å². The molecule has 1 atom stereocenters.